The molecule has 0 aliphatic heterocycles. The summed E-state index contributed by atoms with van der Waals surface area (Å²) in [5.74, 6) is 2.11. The summed E-state index contributed by atoms with van der Waals surface area (Å²) in [6.07, 6.45) is -0.446. The SMILES string of the molecule is CC(C)c1cccc(Oc2ccc(C(C)O)cc2)c1. The highest BCUT2D eigenvalue weighted by atomic mass is 16.5. The lowest BCUT2D eigenvalue weighted by Gasteiger charge is -2.10. The summed E-state index contributed by atoms with van der Waals surface area (Å²) in [7, 11) is 0. The fourth-order valence-electron chi connectivity index (χ4n) is 1.89. The fourth-order valence-corrected chi connectivity index (χ4v) is 1.89. The van der Waals surface area contributed by atoms with Crippen molar-refractivity contribution < 1.29 is 9.84 Å². The van der Waals surface area contributed by atoms with Crippen LogP contribution in [0.3, 0.4) is 0 Å². The number of hydrogen-bond acceptors (Lipinski definition) is 2. The number of ether oxygens (including phenoxy) is 1. The third-order valence-corrected chi connectivity index (χ3v) is 3.12. The lowest BCUT2D eigenvalue weighted by atomic mass is 10.0. The summed E-state index contributed by atoms with van der Waals surface area (Å²) in [5, 5.41) is 9.46. The molecular weight excluding hydrogens is 236 g/mol. The topological polar surface area (TPSA) is 29.5 Å². The molecular formula is C17H20O2. The average Bonchev–Trinajstić information content (AvgIpc) is 2.39. The summed E-state index contributed by atoms with van der Waals surface area (Å²) in [6, 6.07) is 15.7. The second-order valence-corrected chi connectivity index (χ2v) is 5.07. The Balaban J connectivity index is 2.14. The monoisotopic (exact) mass is 256 g/mol. The van der Waals surface area contributed by atoms with Crippen molar-refractivity contribution in [3.05, 3.63) is 59.7 Å². The van der Waals surface area contributed by atoms with Gasteiger partial charge in [0.2, 0.25) is 0 Å². The molecule has 0 radical (unpaired) electrons. The van der Waals surface area contributed by atoms with Gasteiger partial charge in [0.25, 0.3) is 0 Å². The molecule has 2 aromatic rings. The molecule has 0 aliphatic rings. The Morgan fingerprint density at radius 1 is 0.842 bits per heavy atom. The van der Waals surface area contributed by atoms with Crippen molar-refractivity contribution in [2.24, 2.45) is 0 Å². The molecule has 100 valence electrons. The molecule has 2 rings (SSSR count). The predicted molar refractivity (Wildman–Crippen MR) is 77.7 cm³/mol. The van der Waals surface area contributed by atoms with Crippen molar-refractivity contribution in [2.75, 3.05) is 0 Å². The molecule has 0 fully saturated rings. The maximum Gasteiger partial charge on any atom is 0.127 e. The average molecular weight is 256 g/mol. The van der Waals surface area contributed by atoms with Crippen LogP contribution in [0.25, 0.3) is 0 Å². The number of hydrogen-bond donors (Lipinski definition) is 1. The summed E-state index contributed by atoms with van der Waals surface area (Å²) < 4.78 is 5.82. The molecule has 0 saturated carbocycles. The van der Waals surface area contributed by atoms with Gasteiger partial charge in [0.15, 0.2) is 0 Å². The Kier molecular flexibility index (Phi) is 4.23. The van der Waals surface area contributed by atoms with Gasteiger partial charge >= 0.3 is 0 Å². The normalized spacial score (nSPS) is 12.5. The second-order valence-electron chi connectivity index (χ2n) is 5.07. The quantitative estimate of drug-likeness (QED) is 0.862. The van der Waals surface area contributed by atoms with E-state index in [4.69, 9.17) is 4.74 Å². The van der Waals surface area contributed by atoms with Crippen LogP contribution < -0.4 is 4.74 Å². The van der Waals surface area contributed by atoms with E-state index in [1.807, 2.05) is 36.4 Å². The van der Waals surface area contributed by atoms with E-state index < -0.39 is 6.10 Å². The first-order valence-corrected chi connectivity index (χ1v) is 6.62. The molecule has 0 aromatic heterocycles. The van der Waals surface area contributed by atoms with E-state index in [-0.39, 0.29) is 0 Å². The molecule has 2 nitrogen and oxygen atoms in total. The van der Waals surface area contributed by atoms with E-state index in [9.17, 15) is 5.11 Å². The van der Waals surface area contributed by atoms with Crippen molar-refractivity contribution >= 4 is 0 Å². The van der Waals surface area contributed by atoms with Gasteiger partial charge in [-0.1, -0.05) is 38.1 Å². The Hall–Kier alpha value is -1.80. The van der Waals surface area contributed by atoms with E-state index >= 15 is 0 Å². The largest absolute Gasteiger partial charge is 0.457 e. The Bertz CT molecular complexity index is 527. The van der Waals surface area contributed by atoms with Gasteiger partial charge in [-0.2, -0.15) is 0 Å². The van der Waals surface area contributed by atoms with Crippen LogP contribution in [0.5, 0.6) is 11.5 Å². The number of rotatable bonds is 4. The molecule has 19 heavy (non-hydrogen) atoms. The van der Waals surface area contributed by atoms with Gasteiger partial charge < -0.3 is 9.84 Å². The Morgan fingerprint density at radius 2 is 1.53 bits per heavy atom. The summed E-state index contributed by atoms with van der Waals surface area (Å²) in [5.41, 5.74) is 2.15. The van der Waals surface area contributed by atoms with E-state index in [2.05, 4.69) is 26.0 Å². The molecule has 1 unspecified atom stereocenters. The van der Waals surface area contributed by atoms with Gasteiger partial charge in [-0.3, -0.25) is 0 Å². The first kappa shape index (κ1) is 13.6. The van der Waals surface area contributed by atoms with Crippen LogP contribution in [0, 0.1) is 0 Å². The van der Waals surface area contributed by atoms with Crippen LogP contribution in [0.2, 0.25) is 0 Å². The number of benzene rings is 2. The van der Waals surface area contributed by atoms with Crippen molar-refractivity contribution in [3.63, 3.8) is 0 Å². The molecule has 0 saturated heterocycles. The highest BCUT2D eigenvalue weighted by Crippen LogP contribution is 2.26. The maximum absolute atomic E-state index is 9.46. The standard InChI is InChI=1S/C17H20O2/c1-12(2)15-5-4-6-17(11-15)19-16-9-7-14(8-10-16)13(3)18/h4-13,18H,1-3H3. The molecule has 0 bridgehead atoms. The molecule has 0 amide bonds. The molecule has 0 heterocycles. The maximum atomic E-state index is 9.46. The van der Waals surface area contributed by atoms with Crippen molar-refractivity contribution in [1.82, 2.24) is 0 Å². The van der Waals surface area contributed by atoms with E-state index in [1.54, 1.807) is 6.92 Å². The van der Waals surface area contributed by atoms with Gasteiger partial charge in [-0.05, 0) is 48.2 Å². The number of aliphatic hydroxyl groups is 1. The molecule has 0 spiro atoms. The van der Waals surface area contributed by atoms with Crippen LogP contribution in [-0.4, -0.2) is 5.11 Å². The van der Waals surface area contributed by atoms with Gasteiger partial charge in [0, 0.05) is 0 Å². The summed E-state index contributed by atoms with van der Waals surface area (Å²) in [6.45, 7) is 6.08. The smallest absolute Gasteiger partial charge is 0.127 e. The summed E-state index contributed by atoms with van der Waals surface area (Å²) in [4.78, 5) is 0. The predicted octanol–water partition coefficient (Wildman–Crippen LogP) is 4.66. The fraction of sp³-hybridized carbons (Fsp3) is 0.294. The lowest BCUT2D eigenvalue weighted by molar-refractivity contribution is 0.199. The second kappa shape index (κ2) is 5.89. The first-order chi connectivity index (χ1) is 9.06. The highest BCUT2D eigenvalue weighted by molar-refractivity contribution is 5.36. The zero-order chi connectivity index (χ0) is 13.8. The van der Waals surface area contributed by atoms with Crippen LogP contribution in [-0.2, 0) is 0 Å². The Morgan fingerprint density at radius 3 is 2.11 bits per heavy atom. The van der Waals surface area contributed by atoms with Gasteiger partial charge in [0.1, 0.15) is 11.5 Å². The molecule has 2 heteroatoms. The highest BCUT2D eigenvalue weighted by Gasteiger charge is 2.04. The van der Waals surface area contributed by atoms with Crippen LogP contribution in [0.15, 0.2) is 48.5 Å². The third kappa shape index (κ3) is 3.58. The van der Waals surface area contributed by atoms with Gasteiger partial charge in [0.05, 0.1) is 6.10 Å². The lowest BCUT2D eigenvalue weighted by Crippen LogP contribution is -1.92. The zero-order valence-corrected chi connectivity index (χ0v) is 11.6. The summed E-state index contributed by atoms with van der Waals surface area (Å²) >= 11 is 0. The third-order valence-electron chi connectivity index (χ3n) is 3.12. The molecule has 0 aliphatic carbocycles. The zero-order valence-electron chi connectivity index (χ0n) is 11.6. The Labute approximate surface area is 114 Å². The van der Waals surface area contributed by atoms with E-state index in [0.29, 0.717) is 5.92 Å². The van der Waals surface area contributed by atoms with Crippen LogP contribution in [0.1, 0.15) is 43.9 Å². The van der Waals surface area contributed by atoms with Gasteiger partial charge in [-0.25, -0.2) is 0 Å². The molecule has 1 N–H and O–H groups in total. The van der Waals surface area contributed by atoms with Gasteiger partial charge in [-0.15, -0.1) is 0 Å². The number of aliphatic hydroxyl groups excluding tert-OH is 1. The minimum atomic E-state index is -0.446. The van der Waals surface area contributed by atoms with Crippen molar-refractivity contribution in [3.8, 4) is 11.5 Å². The van der Waals surface area contributed by atoms with Crippen molar-refractivity contribution in [2.45, 2.75) is 32.8 Å². The van der Waals surface area contributed by atoms with Crippen LogP contribution >= 0.6 is 0 Å². The minimum absolute atomic E-state index is 0.446. The molecule has 2 aromatic carbocycles. The minimum Gasteiger partial charge on any atom is -0.457 e. The van der Waals surface area contributed by atoms with E-state index in [1.165, 1.54) is 5.56 Å². The van der Waals surface area contributed by atoms with Crippen LogP contribution in [0.4, 0.5) is 0 Å². The first-order valence-electron chi connectivity index (χ1n) is 6.62. The van der Waals surface area contributed by atoms with E-state index in [0.717, 1.165) is 17.1 Å². The van der Waals surface area contributed by atoms with Crippen molar-refractivity contribution in [1.29, 1.82) is 0 Å². The molecule has 1 atom stereocenters.